The summed E-state index contributed by atoms with van der Waals surface area (Å²) in [6.45, 7) is 0. The molecule has 0 fully saturated rings. The zero-order valence-corrected chi connectivity index (χ0v) is 11.8. The Morgan fingerprint density at radius 3 is 2.95 bits per heavy atom. The van der Waals surface area contributed by atoms with Gasteiger partial charge in [0.2, 0.25) is 0 Å². The van der Waals surface area contributed by atoms with Gasteiger partial charge in [-0.3, -0.25) is 5.43 Å². The van der Waals surface area contributed by atoms with Crippen molar-refractivity contribution in [1.29, 1.82) is 0 Å². The molecule has 0 saturated heterocycles. The van der Waals surface area contributed by atoms with Crippen LogP contribution < -0.4 is 10.2 Å². The number of aromatic nitrogens is 1. The zero-order chi connectivity index (χ0) is 13.7. The summed E-state index contributed by atoms with van der Waals surface area (Å²) in [6.07, 6.45) is 3.16. The first-order valence-corrected chi connectivity index (χ1v) is 6.26. The van der Waals surface area contributed by atoms with Crippen LogP contribution in [-0.2, 0) is 0 Å². The number of phenols is 1. The van der Waals surface area contributed by atoms with Crippen molar-refractivity contribution in [2.45, 2.75) is 0 Å². The molecule has 0 unspecified atom stereocenters. The van der Waals surface area contributed by atoms with E-state index >= 15 is 0 Å². The maximum Gasteiger partial charge on any atom is 0.166 e. The molecule has 0 aliphatic heterocycles. The Bertz CT molecular complexity index is 588. The Balaban J connectivity index is 2.17. The molecular formula is C13H12BrN3O2. The molecular weight excluding hydrogens is 310 g/mol. The summed E-state index contributed by atoms with van der Waals surface area (Å²) in [6, 6.07) is 8.88. The first-order chi connectivity index (χ1) is 9.20. The SMILES string of the molecule is COc1cc(Br)cc(C=NNc2ccccn2)c1O. The van der Waals surface area contributed by atoms with Crippen molar-refractivity contribution in [2.24, 2.45) is 5.10 Å². The standard InChI is InChI=1S/C13H12BrN3O2/c1-19-11-7-10(14)6-9(13(11)18)8-16-17-12-4-2-3-5-15-12/h2-8,18H,1H3,(H,15,17). The van der Waals surface area contributed by atoms with Crippen LogP contribution in [0, 0.1) is 0 Å². The molecule has 2 aromatic rings. The van der Waals surface area contributed by atoms with Crippen molar-refractivity contribution < 1.29 is 9.84 Å². The summed E-state index contributed by atoms with van der Waals surface area (Å²) in [5.41, 5.74) is 3.31. The van der Waals surface area contributed by atoms with Crippen molar-refractivity contribution in [3.05, 3.63) is 46.6 Å². The highest BCUT2D eigenvalue weighted by molar-refractivity contribution is 9.10. The van der Waals surface area contributed by atoms with Crippen LogP contribution in [-0.4, -0.2) is 23.4 Å². The molecule has 0 spiro atoms. The van der Waals surface area contributed by atoms with Gasteiger partial charge in [-0.05, 0) is 24.3 Å². The van der Waals surface area contributed by atoms with Crippen LogP contribution in [0.15, 0.2) is 46.1 Å². The molecule has 1 aromatic carbocycles. The molecule has 0 atom stereocenters. The van der Waals surface area contributed by atoms with E-state index in [0.29, 0.717) is 17.1 Å². The third-order valence-corrected chi connectivity index (χ3v) is 2.79. The second kappa shape index (κ2) is 6.19. The van der Waals surface area contributed by atoms with Crippen molar-refractivity contribution in [1.82, 2.24) is 4.98 Å². The number of pyridine rings is 1. The zero-order valence-electron chi connectivity index (χ0n) is 10.2. The van der Waals surface area contributed by atoms with Gasteiger partial charge in [0.05, 0.1) is 13.3 Å². The van der Waals surface area contributed by atoms with E-state index in [-0.39, 0.29) is 5.75 Å². The molecule has 0 aliphatic rings. The molecule has 2 N–H and O–H groups in total. The van der Waals surface area contributed by atoms with E-state index in [1.54, 1.807) is 24.4 Å². The first kappa shape index (κ1) is 13.4. The molecule has 98 valence electrons. The molecule has 19 heavy (non-hydrogen) atoms. The number of nitrogens with one attached hydrogen (secondary N) is 1. The maximum atomic E-state index is 9.93. The molecule has 0 radical (unpaired) electrons. The van der Waals surface area contributed by atoms with Gasteiger partial charge in [-0.25, -0.2) is 4.98 Å². The average molecular weight is 322 g/mol. The van der Waals surface area contributed by atoms with Gasteiger partial charge in [-0.1, -0.05) is 22.0 Å². The van der Waals surface area contributed by atoms with Gasteiger partial charge in [0.25, 0.3) is 0 Å². The molecule has 0 amide bonds. The number of hydrogen-bond acceptors (Lipinski definition) is 5. The Morgan fingerprint density at radius 2 is 2.26 bits per heavy atom. The number of hydrazone groups is 1. The Morgan fingerprint density at radius 1 is 1.42 bits per heavy atom. The van der Waals surface area contributed by atoms with Crippen molar-refractivity contribution in [3.8, 4) is 11.5 Å². The summed E-state index contributed by atoms with van der Waals surface area (Å²) in [5, 5.41) is 13.9. The fourth-order valence-corrected chi connectivity index (χ4v) is 1.90. The maximum absolute atomic E-state index is 9.93. The smallest absolute Gasteiger partial charge is 0.166 e. The minimum absolute atomic E-state index is 0.0391. The van der Waals surface area contributed by atoms with Gasteiger partial charge in [0, 0.05) is 16.2 Å². The molecule has 1 aromatic heterocycles. The lowest BCUT2D eigenvalue weighted by Crippen LogP contribution is -1.94. The lowest BCUT2D eigenvalue weighted by atomic mass is 10.2. The van der Waals surface area contributed by atoms with Gasteiger partial charge >= 0.3 is 0 Å². The number of benzene rings is 1. The third-order valence-electron chi connectivity index (χ3n) is 2.34. The average Bonchev–Trinajstić information content (AvgIpc) is 2.43. The third kappa shape index (κ3) is 3.45. The Hall–Kier alpha value is -2.08. The molecule has 1 heterocycles. The van der Waals surface area contributed by atoms with Crippen molar-refractivity contribution in [3.63, 3.8) is 0 Å². The topological polar surface area (TPSA) is 66.7 Å². The predicted octanol–water partition coefficient (Wildman–Crippen LogP) is 3.00. The van der Waals surface area contributed by atoms with Crippen LogP contribution in [0.25, 0.3) is 0 Å². The van der Waals surface area contributed by atoms with E-state index in [1.165, 1.54) is 13.3 Å². The highest BCUT2D eigenvalue weighted by Gasteiger charge is 2.07. The Labute approximate surface area is 119 Å². The number of halogens is 1. The van der Waals surface area contributed by atoms with Crippen molar-refractivity contribution in [2.75, 3.05) is 12.5 Å². The first-order valence-electron chi connectivity index (χ1n) is 5.47. The number of phenolic OH excluding ortho intramolecular Hbond substituents is 1. The number of ether oxygens (including phenoxy) is 1. The van der Waals surface area contributed by atoms with Gasteiger partial charge in [-0.15, -0.1) is 0 Å². The molecule has 0 aliphatic carbocycles. The molecule has 0 saturated carbocycles. The molecule has 0 bridgehead atoms. The van der Waals surface area contributed by atoms with E-state index in [9.17, 15) is 5.11 Å². The fourth-order valence-electron chi connectivity index (χ4n) is 1.45. The van der Waals surface area contributed by atoms with Crippen LogP contribution in [0.2, 0.25) is 0 Å². The molecule has 6 heteroatoms. The summed E-state index contributed by atoms with van der Waals surface area (Å²) in [7, 11) is 1.49. The largest absolute Gasteiger partial charge is 0.504 e. The quantitative estimate of drug-likeness (QED) is 0.671. The number of hydrogen-bond donors (Lipinski definition) is 2. The van der Waals surface area contributed by atoms with Crippen LogP contribution in [0.3, 0.4) is 0 Å². The van der Waals surface area contributed by atoms with Gasteiger partial charge < -0.3 is 9.84 Å². The van der Waals surface area contributed by atoms with Crippen LogP contribution in [0.5, 0.6) is 11.5 Å². The highest BCUT2D eigenvalue weighted by atomic mass is 79.9. The molecule has 5 nitrogen and oxygen atoms in total. The van der Waals surface area contributed by atoms with Crippen molar-refractivity contribution >= 4 is 28.0 Å². The van der Waals surface area contributed by atoms with E-state index in [0.717, 1.165) is 4.47 Å². The number of methoxy groups -OCH3 is 1. The number of aromatic hydroxyl groups is 1. The predicted molar refractivity (Wildman–Crippen MR) is 77.8 cm³/mol. The second-order valence-corrected chi connectivity index (χ2v) is 4.55. The number of anilines is 1. The summed E-state index contributed by atoms with van der Waals surface area (Å²) in [4.78, 5) is 4.06. The van der Waals surface area contributed by atoms with Crippen LogP contribution in [0.1, 0.15) is 5.56 Å². The van der Waals surface area contributed by atoms with Gasteiger partial charge in [0.1, 0.15) is 5.82 Å². The minimum Gasteiger partial charge on any atom is -0.504 e. The van der Waals surface area contributed by atoms with Gasteiger partial charge in [0.15, 0.2) is 11.5 Å². The highest BCUT2D eigenvalue weighted by Crippen LogP contribution is 2.32. The second-order valence-electron chi connectivity index (χ2n) is 3.63. The van der Waals surface area contributed by atoms with Crippen LogP contribution >= 0.6 is 15.9 Å². The van der Waals surface area contributed by atoms with E-state index in [1.807, 2.05) is 12.1 Å². The summed E-state index contributed by atoms with van der Waals surface area (Å²) >= 11 is 3.34. The van der Waals surface area contributed by atoms with Gasteiger partial charge in [-0.2, -0.15) is 5.10 Å². The van der Waals surface area contributed by atoms with Crippen LogP contribution in [0.4, 0.5) is 5.82 Å². The fraction of sp³-hybridized carbons (Fsp3) is 0.0769. The molecule has 2 rings (SSSR count). The van der Waals surface area contributed by atoms with E-state index < -0.39 is 0 Å². The summed E-state index contributed by atoms with van der Waals surface area (Å²) < 4.78 is 5.85. The minimum atomic E-state index is 0.0391. The summed E-state index contributed by atoms with van der Waals surface area (Å²) in [5.74, 6) is 1.05. The van der Waals surface area contributed by atoms with E-state index in [2.05, 4.69) is 31.4 Å². The lowest BCUT2D eigenvalue weighted by molar-refractivity contribution is 0.373. The Kier molecular flexibility index (Phi) is 4.35. The van der Waals surface area contributed by atoms with E-state index in [4.69, 9.17) is 4.74 Å². The number of nitrogens with zero attached hydrogens (tertiary/aromatic N) is 2. The number of rotatable bonds is 4. The lowest BCUT2D eigenvalue weighted by Gasteiger charge is -2.06. The normalized spacial score (nSPS) is 10.6. The monoisotopic (exact) mass is 321 g/mol.